The van der Waals surface area contributed by atoms with Crippen molar-refractivity contribution >= 4 is 29.1 Å². The number of methoxy groups -OCH3 is 1. The van der Waals surface area contributed by atoms with E-state index in [-0.39, 0.29) is 31.0 Å². The predicted octanol–water partition coefficient (Wildman–Crippen LogP) is 1.72. The first-order valence-electron chi connectivity index (χ1n) is 8.60. The van der Waals surface area contributed by atoms with Crippen LogP contribution in [0.1, 0.15) is 6.42 Å². The molecule has 1 atom stereocenters. The molecule has 2 aromatic carbocycles. The van der Waals surface area contributed by atoms with Crippen LogP contribution in [0.5, 0.6) is 17.2 Å². The van der Waals surface area contributed by atoms with E-state index in [1.54, 1.807) is 49.6 Å². The number of aliphatic imine (C=N–C) groups is 1. The molecule has 4 rings (SSSR count). The summed E-state index contributed by atoms with van der Waals surface area (Å²) in [6.07, 6.45) is -0.0375. The van der Waals surface area contributed by atoms with Crippen LogP contribution >= 0.6 is 0 Å². The van der Waals surface area contributed by atoms with Gasteiger partial charge >= 0.3 is 0 Å². The van der Waals surface area contributed by atoms with Gasteiger partial charge in [-0.15, -0.1) is 0 Å². The largest absolute Gasteiger partial charge is 0.497 e. The summed E-state index contributed by atoms with van der Waals surface area (Å²) in [5, 5.41) is 8.38. The van der Waals surface area contributed by atoms with Crippen LogP contribution in [-0.4, -0.2) is 37.7 Å². The zero-order valence-electron chi connectivity index (χ0n) is 15.0. The lowest BCUT2D eigenvalue weighted by Crippen LogP contribution is -2.45. The molecule has 9 heteroatoms. The van der Waals surface area contributed by atoms with Crippen LogP contribution in [0.2, 0.25) is 0 Å². The predicted molar refractivity (Wildman–Crippen MR) is 102 cm³/mol. The van der Waals surface area contributed by atoms with Gasteiger partial charge in [0.2, 0.25) is 24.6 Å². The van der Waals surface area contributed by atoms with Gasteiger partial charge in [0.25, 0.3) is 0 Å². The number of nitrogens with one attached hydrogen (secondary N) is 3. The lowest BCUT2D eigenvalue weighted by molar-refractivity contribution is -0.124. The second-order valence-electron chi connectivity index (χ2n) is 6.16. The summed E-state index contributed by atoms with van der Waals surface area (Å²) < 4.78 is 15.7. The van der Waals surface area contributed by atoms with Gasteiger partial charge in [0.15, 0.2) is 11.5 Å². The van der Waals surface area contributed by atoms with E-state index in [2.05, 4.69) is 20.9 Å². The summed E-state index contributed by atoms with van der Waals surface area (Å²) in [4.78, 5) is 28.9. The highest BCUT2D eigenvalue weighted by Crippen LogP contribution is 2.34. The summed E-state index contributed by atoms with van der Waals surface area (Å²) in [7, 11) is 1.58. The number of rotatable bonds is 4. The number of hydrogen-bond acceptors (Lipinski definition) is 7. The topological polar surface area (TPSA) is 110 Å². The Morgan fingerprint density at radius 3 is 2.68 bits per heavy atom. The summed E-state index contributed by atoms with van der Waals surface area (Å²) >= 11 is 0. The Morgan fingerprint density at radius 2 is 1.89 bits per heavy atom. The van der Waals surface area contributed by atoms with Gasteiger partial charge in [-0.2, -0.15) is 0 Å². The molecule has 0 bridgehead atoms. The third kappa shape index (κ3) is 3.83. The first-order valence-corrected chi connectivity index (χ1v) is 8.60. The Hall–Kier alpha value is -3.75. The molecular weight excluding hydrogens is 364 g/mol. The number of benzene rings is 2. The van der Waals surface area contributed by atoms with Crippen molar-refractivity contribution in [1.29, 1.82) is 0 Å². The first kappa shape index (κ1) is 17.7. The second-order valence-corrected chi connectivity index (χ2v) is 6.16. The van der Waals surface area contributed by atoms with E-state index in [1.165, 1.54) is 0 Å². The van der Waals surface area contributed by atoms with Crippen LogP contribution in [0.15, 0.2) is 47.5 Å². The van der Waals surface area contributed by atoms with Gasteiger partial charge in [-0.05, 0) is 36.4 Å². The van der Waals surface area contributed by atoms with E-state index < -0.39 is 6.04 Å². The average molecular weight is 382 g/mol. The zero-order chi connectivity index (χ0) is 19.5. The Balaban J connectivity index is 1.45. The van der Waals surface area contributed by atoms with Crippen LogP contribution in [0.3, 0.4) is 0 Å². The van der Waals surface area contributed by atoms with Crippen LogP contribution in [0.4, 0.5) is 11.4 Å². The molecule has 2 amide bonds. The Kier molecular flexibility index (Phi) is 4.71. The Labute approximate surface area is 160 Å². The van der Waals surface area contributed by atoms with Crippen molar-refractivity contribution in [2.24, 2.45) is 4.99 Å². The highest BCUT2D eigenvalue weighted by molar-refractivity contribution is 6.10. The lowest BCUT2D eigenvalue weighted by Gasteiger charge is -2.21. The number of fused-ring (bicyclic) bond motifs is 1. The number of nitrogens with zero attached hydrogens (tertiary/aromatic N) is 1. The average Bonchev–Trinajstić information content (AvgIpc) is 3.16. The van der Waals surface area contributed by atoms with E-state index in [4.69, 9.17) is 14.2 Å². The molecule has 0 spiro atoms. The van der Waals surface area contributed by atoms with E-state index in [9.17, 15) is 9.59 Å². The quantitative estimate of drug-likeness (QED) is 0.743. The summed E-state index contributed by atoms with van der Waals surface area (Å²) in [5.41, 5.74) is 1.25. The zero-order valence-corrected chi connectivity index (χ0v) is 15.0. The molecular formula is C19H18N4O5. The summed E-state index contributed by atoms with van der Waals surface area (Å²) in [6.45, 7) is 0.153. The fourth-order valence-electron chi connectivity index (χ4n) is 2.82. The minimum Gasteiger partial charge on any atom is -0.497 e. The Morgan fingerprint density at radius 1 is 1.14 bits per heavy atom. The van der Waals surface area contributed by atoms with Crippen molar-refractivity contribution < 1.29 is 23.8 Å². The fourth-order valence-corrected chi connectivity index (χ4v) is 2.82. The fraction of sp³-hybridized carbons (Fsp3) is 0.211. The van der Waals surface area contributed by atoms with E-state index in [1.807, 2.05) is 0 Å². The highest BCUT2D eigenvalue weighted by Gasteiger charge is 2.27. The molecule has 28 heavy (non-hydrogen) atoms. The van der Waals surface area contributed by atoms with Gasteiger partial charge in [-0.25, -0.2) is 4.99 Å². The summed E-state index contributed by atoms with van der Waals surface area (Å²) in [6, 6.07) is 11.4. The molecule has 2 aliphatic rings. The maximum Gasteiger partial charge on any atom is 0.249 e. The van der Waals surface area contributed by atoms with Crippen LogP contribution in [0.25, 0.3) is 0 Å². The minimum absolute atomic E-state index is 0.0375. The van der Waals surface area contributed by atoms with E-state index >= 15 is 0 Å². The number of carbonyl (C=O) groups excluding carboxylic acids is 2. The molecule has 9 nitrogen and oxygen atoms in total. The van der Waals surface area contributed by atoms with Gasteiger partial charge in [-0.1, -0.05) is 0 Å². The van der Waals surface area contributed by atoms with E-state index in [0.29, 0.717) is 28.6 Å². The number of guanidine groups is 1. The van der Waals surface area contributed by atoms with Crippen molar-refractivity contribution in [1.82, 2.24) is 5.32 Å². The number of hydrogen-bond donors (Lipinski definition) is 3. The normalized spacial score (nSPS) is 17.4. The first-order chi connectivity index (χ1) is 13.6. The van der Waals surface area contributed by atoms with Crippen molar-refractivity contribution in [2.45, 2.75) is 12.5 Å². The molecule has 0 aromatic heterocycles. The Bertz CT molecular complexity index is 942. The maximum absolute atomic E-state index is 12.6. The number of ether oxygens (including phenoxy) is 3. The molecule has 0 radical (unpaired) electrons. The van der Waals surface area contributed by atoms with Crippen molar-refractivity contribution in [3.05, 3.63) is 42.5 Å². The monoisotopic (exact) mass is 382 g/mol. The molecule has 1 unspecified atom stereocenters. The standard InChI is InChI=1S/C19H18N4O5/c1-26-13-5-2-11(3-6-13)21-19-22-14(9-17(24)23-19)18(25)20-12-4-7-15-16(8-12)28-10-27-15/h2-8,14H,9-10H2,1H3,(H,20,25)(H2,21,22,23,24). The SMILES string of the molecule is COc1ccc(NC2=NC(C(=O)Nc3ccc4c(c3)OCO4)CC(=O)N2)cc1. The van der Waals surface area contributed by atoms with Crippen LogP contribution < -0.4 is 30.2 Å². The molecule has 0 aliphatic carbocycles. The smallest absolute Gasteiger partial charge is 0.249 e. The van der Waals surface area contributed by atoms with Crippen molar-refractivity contribution in [2.75, 3.05) is 24.5 Å². The number of amides is 2. The third-order valence-electron chi connectivity index (χ3n) is 4.22. The van der Waals surface area contributed by atoms with Gasteiger partial charge in [0.05, 0.1) is 13.5 Å². The third-order valence-corrected chi connectivity index (χ3v) is 4.22. The van der Waals surface area contributed by atoms with Gasteiger partial charge in [0.1, 0.15) is 11.8 Å². The van der Waals surface area contributed by atoms with Crippen molar-refractivity contribution in [3.8, 4) is 17.2 Å². The molecule has 2 heterocycles. The molecule has 144 valence electrons. The lowest BCUT2D eigenvalue weighted by atomic mass is 10.1. The van der Waals surface area contributed by atoms with Gasteiger partial charge in [0, 0.05) is 17.4 Å². The minimum atomic E-state index is -0.847. The maximum atomic E-state index is 12.6. The van der Waals surface area contributed by atoms with Gasteiger partial charge in [-0.3, -0.25) is 14.9 Å². The second kappa shape index (κ2) is 7.47. The van der Waals surface area contributed by atoms with Gasteiger partial charge < -0.3 is 24.8 Å². The van der Waals surface area contributed by atoms with E-state index in [0.717, 1.165) is 0 Å². The molecule has 0 saturated heterocycles. The molecule has 0 saturated carbocycles. The molecule has 3 N–H and O–H groups in total. The molecule has 2 aromatic rings. The molecule has 0 fully saturated rings. The van der Waals surface area contributed by atoms with Crippen LogP contribution in [-0.2, 0) is 9.59 Å². The van der Waals surface area contributed by atoms with Crippen LogP contribution in [0, 0.1) is 0 Å². The number of carbonyl (C=O) groups is 2. The van der Waals surface area contributed by atoms with Crippen molar-refractivity contribution in [3.63, 3.8) is 0 Å². The summed E-state index contributed by atoms with van der Waals surface area (Å²) in [5.74, 6) is 1.43. The number of anilines is 2. The molecule has 2 aliphatic heterocycles. The highest BCUT2D eigenvalue weighted by atomic mass is 16.7.